The van der Waals surface area contributed by atoms with E-state index in [9.17, 15) is 0 Å². The van der Waals surface area contributed by atoms with Crippen molar-refractivity contribution in [2.45, 2.75) is 13.0 Å². The summed E-state index contributed by atoms with van der Waals surface area (Å²) >= 11 is 0. The standard InChI is InChI=1S/C21H29N3O3.HI/c1-22-21(24(2)15-16-9-7-6-8-10-16)23-14-13-17-11-12-18(25-3)20(27-5)19(17)26-4;/h6-12H,13-15H2,1-5H3,(H,22,23);1H. The molecule has 0 bridgehead atoms. The van der Waals surface area contributed by atoms with Crippen LogP contribution in [0.15, 0.2) is 47.5 Å². The molecular weight excluding hydrogens is 469 g/mol. The predicted molar refractivity (Wildman–Crippen MR) is 124 cm³/mol. The topological polar surface area (TPSA) is 55.3 Å². The second-order valence-electron chi connectivity index (χ2n) is 6.06. The van der Waals surface area contributed by atoms with Gasteiger partial charge >= 0.3 is 0 Å². The fourth-order valence-electron chi connectivity index (χ4n) is 2.99. The van der Waals surface area contributed by atoms with Gasteiger partial charge in [0.1, 0.15) is 0 Å². The van der Waals surface area contributed by atoms with Gasteiger partial charge in [-0.2, -0.15) is 0 Å². The van der Waals surface area contributed by atoms with Crippen molar-refractivity contribution in [1.82, 2.24) is 10.2 Å². The molecule has 0 aliphatic carbocycles. The van der Waals surface area contributed by atoms with Crippen LogP contribution in [0.25, 0.3) is 0 Å². The van der Waals surface area contributed by atoms with E-state index >= 15 is 0 Å². The summed E-state index contributed by atoms with van der Waals surface area (Å²) in [4.78, 5) is 6.47. The van der Waals surface area contributed by atoms with Crippen molar-refractivity contribution in [3.05, 3.63) is 53.6 Å². The third-order valence-corrected chi connectivity index (χ3v) is 4.30. The van der Waals surface area contributed by atoms with Crippen molar-refractivity contribution in [2.75, 3.05) is 42.0 Å². The molecule has 2 aromatic rings. The maximum atomic E-state index is 5.55. The number of ether oxygens (including phenoxy) is 3. The monoisotopic (exact) mass is 499 g/mol. The van der Waals surface area contributed by atoms with E-state index in [1.54, 1.807) is 28.4 Å². The van der Waals surface area contributed by atoms with Gasteiger partial charge in [0, 0.05) is 32.7 Å². The van der Waals surface area contributed by atoms with Crippen LogP contribution in [0.2, 0.25) is 0 Å². The Hall–Kier alpha value is -2.16. The second kappa shape index (κ2) is 12.3. The summed E-state index contributed by atoms with van der Waals surface area (Å²) < 4.78 is 16.3. The zero-order chi connectivity index (χ0) is 19.6. The summed E-state index contributed by atoms with van der Waals surface area (Å²) in [6.07, 6.45) is 0.766. The van der Waals surface area contributed by atoms with E-state index in [1.165, 1.54) is 5.56 Å². The first kappa shape index (κ1) is 23.9. The number of hydrogen-bond donors (Lipinski definition) is 1. The largest absolute Gasteiger partial charge is 0.493 e. The van der Waals surface area contributed by atoms with Crippen LogP contribution in [-0.4, -0.2) is 52.8 Å². The Balaban J connectivity index is 0.00000392. The van der Waals surface area contributed by atoms with Gasteiger partial charge in [-0.25, -0.2) is 0 Å². The summed E-state index contributed by atoms with van der Waals surface area (Å²) in [6, 6.07) is 14.2. The minimum Gasteiger partial charge on any atom is -0.493 e. The van der Waals surface area contributed by atoms with Gasteiger partial charge in [-0.1, -0.05) is 36.4 Å². The lowest BCUT2D eigenvalue weighted by Crippen LogP contribution is -2.39. The van der Waals surface area contributed by atoms with E-state index in [0.717, 1.165) is 31.0 Å². The second-order valence-corrected chi connectivity index (χ2v) is 6.06. The van der Waals surface area contributed by atoms with E-state index in [-0.39, 0.29) is 24.0 Å². The number of benzene rings is 2. The highest BCUT2D eigenvalue weighted by molar-refractivity contribution is 14.0. The quantitative estimate of drug-likeness (QED) is 0.342. The van der Waals surface area contributed by atoms with Gasteiger partial charge in [-0.15, -0.1) is 24.0 Å². The number of nitrogens with one attached hydrogen (secondary N) is 1. The molecule has 0 aromatic heterocycles. The molecule has 154 valence electrons. The third kappa shape index (κ3) is 6.19. The van der Waals surface area contributed by atoms with Gasteiger partial charge < -0.3 is 24.4 Å². The fraction of sp³-hybridized carbons (Fsp3) is 0.381. The van der Waals surface area contributed by atoms with Crippen LogP contribution < -0.4 is 19.5 Å². The Morgan fingerprint density at radius 3 is 2.21 bits per heavy atom. The van der Waals surface area contributed by atoms with E-state index in [1.807, 2.05) is 37.4 Å². The summed E-state index contributed by atoms with van der Waals surface area (Å²) in [5.74, 6) is 2.82. The maximum Gasteiger partial charge on any atom is 0.203 e. The summed E-state index contributed by atoms with van der Waals surface area (Å²) in [6.45, 7) is 1.51. The predicted octanol–water partition coefficient (Wildman–Crippen LogP) is 3.58. The van der Waals surface area contributed by atoms with Crippen LogP contribution >= 0.6 is 24.0 Å². The first-order valence-corrected chi connectivity index (χ1v) is 8.88. The van der Waals surface area contributed by atoms with Gasteiger partial charge in [-0.3, -0.25) is 4.99 Å². The highest BCUT2D eigenvalue weighted by Gasteiger charge is 2.15. The zero-order valence-electron chi connectivity index (χ0n) is 17.2. The minimum atomic E-state index is 0. The van der Waals surface area contributed by atoms with Crippen molar-refractivity contribution >= 4 is 29.9 Å². The molecule has 2 aromatic carbocycles. The van der Waals surface area contributed by atoms with Gasteiger partial charge in [0.05, 0.1) is 21.3 Å². The number of aliphatic imine (C=N–C) groups is 1. The van der Waals surface area contributed by atoms with Gasteiger partial charge in [0.25, 0.3) is 0 Å². The van der Waals surface area contributed by atoms with E-state index in [2.05, 4.69) is 27.3 Å². The summed E-state index contributed by atoms with van der Waals surface area (Å²) in [5.41, 5.74) is 2.29. The SMILES string of the molecule is CN=C(NCCc1ccc(OC)c(OC)c1OC)N(C)Cc1ccccc1.I. The average molecular weight is 499 g/mol. The molecule has 6 nitrogen and oxygen atoms in total. The molecule has 0 saturated carbocycles. The molecule has 0 fully saturated rings. The number of methoxy groups -OCH3 is 3. The molecule has 0 radical (unpaired) electrons. The molecule has 0 amide bonds. The minimum absolute atomic E-state index is 0. The lowest BCUT2D eigenvalue weighted by Gasteiger charge is -2.22. The van der Waals surface area contributed by atoms with Crippen molar-refractivity contribution in [3.8, 4) is 17.2 Å². The Labute approximate surface area is 184 Å². The molecule has 0 unspecified atom stereocenters. The number of guanidine groups is 1. The third-order valence-electron chi connectivity index (χ3n) is 4.30. The first-order chi connectivity index (χ1) is 13.1. The Kier molecular flexibility index (Phi) is 10.5. The molecular formula is C21H30IN3O3. The van der Waals surface area contributed by atoms with Crippen LogP contribution in [-0.2, 0) is 13.0 Å². The van der Waals surface area contributed by atoms with Gasteiger partial charge in [0.2, 0.25) is 5.75 Å². The van der Waals surface area contributed by atoms with Crippen LogP contribution in [0.1, 0.15) is 11.1 Å². The molecule has 0 saturated heterocycles. The molecule has 2 rings (SSSR count). The van der Waals surface area contributed by atoms with Gasteiger partial charge in [0.15, 0.2) is 17.5 Å². The first-order valence-electron chi connectivity index (χ1n) is 8.88. The zero-order valence-corrected chi connectivity index (χ0v) is 19.5. The fourth-order valence-corrected chi connectivity index (χ4v) is 2.99. The number of rotatable bonds is 8. The van der Waals surface area contributed by atoms with Gasteiger partial charge in [-0.05, 0) is 18.1 Å². The normalized spacial score (nSPS) is 10.7. The van der Waals surface area contributed by atoms with Crippen LogP contribution in [0, 0.1) is 0 Å². The number of halogens is 1. The maximum absolute atomic E-state index is 5.55. The lowest BCUT2D eigenvalue weighted by atomic mass is 10.1. The van der Waals surface area contributed by atoms with Crippen LogP contribution in [0.3, 0.4) is 0 Å². The summed E-state index contributed by atoms with van der Waals surface area (Å²) in [5, 5.41) is 3.40. The highest BCUT2D eigenvalue weighted by atomic mass is 127. The molecule has 0 aliphatic rings. The Morgan fingerprint density at radius 1 is 0.964 bits per heavy atom. The number of nitrogens with zero attached hydrogens (tertiary/aromatic N) is 2. The van der Waals surface area contributed by atoms with Crippen molar-refractivity contribution < 1.29 is 14.2 Å². The average Bonchev–Trinajstić information content (AvgIpc) is 2.71. The Bertz CT molecular complexity index is 754. The molecule has 0 atom stereocenters. The van der Waals surface area contributed by atoms with Crippen LogP contribution in [0.4, 0.5) is 0 Å². The molecule has 0 aliphatic heterocycles. The lowest BCUT2D eigenvalue weighted by molar-refractivity contribution is 0.322. The molecule has 7 heteroatoms. The van der Waals surface area contributed by atoms with E-state index in [0.29, 0.717) is 17.2 Å². The molecule has 28 heavy (non-hydrogen) atoms. The van der Waals surface area contributed by atoms with Crippen molar-refractivity contribution in [1.29, 1.82) is 0 Å². The van der Waals surface area contributed by atoms with Crippen LogP contribution in [0.5, 0.6) is 17.2 Å². The molecule has 0 heterocycles. The smallest absolute Gasteiger partial charge is 0.203 e. The van der Waals surface area contributed by atoms with Crippen molar-refractivity contribution in [3.63, 3.8) is 0 Å². The van der Waals surface area contributed by atoms with E-state index < -0.39 is 0 Å². The molecule has 0 spiro atoms. The number of hydrogen-bond acceptors (Lipinski definition) is 4. The van der Waals surface area contributed by atoms with Crippen molar-refractivity contribution in [2.24, 2.45) is 4.99 Å². The Morgan fingerprint density at radius 2 is 1.64 bits per heavy atom. The summed E-state index contributed by atoms with van der Waals surface area (Å²) in [7, 11) is 8.69. The molecule has 1 N–H and O–H groups in total. The van der Waals surface area contributed by atoms with E-state index in [4.69, 9.17) is 14.2 Å². The highest BCUT2D eigenvalue weighted by Crippen LogP contribution is 2.39.